The van der Waals surface area contributed by atoms with Gasteiger partial charge in [0, 0.05) is 36.7 Å². The van der Waals surface area contributed by atoms with Crippen molar-refractivity contribution in [2.45, 2.75) is 5.16 Å². The molecule has 0 atom stereocenters. The van der Waals surface area contributed by atoms with Gasteiger partial charge in [-0.15, -0.1) is 10.2 Å². The van der Waals surface area contributed by atoms with Gasteiger partial charge in [-0.25, -0.2) is 4.39 Å². The Labute approximate surface area is 165 Å². The van der Waals surface area contributed by atoms with Crippen molar-refractivity contribution in [2.24, 2.45) is 0 Å². The fourth-order valence-corrected chi connectivity index (χ4v) is 3.76. The van der Waals surface area contributed by atoms with Gasteiger partial charge in [-0.1, -0.05) is 11.8 Å². The van der Waals surface area contributed by atoms with Crippen LogP contribution >= 0.6 is 11.8 Å². The maximum atomic E-state index is 13.4. The lowest BCUT2D eigenvalue weighted by molar-refractivity contribution is -0.132. The molecule has 1 fully saturated rings. The summed E-state index contributed by atoms with van der Waals surface area (Å²) in [4.78, 5) is 18.3. The summed E-state index contributed by atoms with van der Waals surface area (Å²) in [5.41, 5.74) is 1.55. The normalized spacial score (nSPS) is 14.2. The molecule has 0 radical (unpaired) electrons. The fourth-order valence-electron chi connectivity index (χ4n) is 2.90. The van der Waals surface area contributed by atoms with Crippen LogP contribution in [0, 0.1) is 5.82 Å². The standard InChI is InChI=1S/C19H18FN5O2S/c20-15-1-3-16(4-2-15)25-18(14-5-7-21-8-6-14)22-23-19(25)28-13-17(26)24-9-11-27-12-10-24/h1-8H,9-13H2. The number of amides is 1. The summed E-state index contributed by atoms with van der Waals surface area (Å²) < 4.78 is 20.5. The Morgan fingerprint density at radius 3 is 2.50 bits per heavy atom. The number of hydrogen-bond donors (Lipinski definition) is 0. The zero-order valence-electron chi connectivity index (χ0n) is 15.0. The highest BCUT2D eigenvalue weighted by atomic mass is 32.2. The zero-order valence-corrected chi connectivity index (χ0v) is 15.8. The van der Waals surface area contributed by atoms with Crippen LogP contribution in [0.1, 0.15) is 0 Å². The summed E-state index contributed by atoms with van der Waals surface area (Å²) in [6.07, 6.45) is 3.35. The van der Waals surface area contributed by atoms with Gasteiger partial charge < -0.3 is 9.64 Å². The van der Waals surface area contributed by atoms with E-state index < -0.39 is 0 Å². The minimum absolute atomic E-state index is 0.0346. The fraction of sp³-hybridized carbons (Fsp3) is 0.263. The molecule has 1 aliphatic heterocycles. The monoisotopic (exact) mass is 399 g/mol. The van der Waals surface area contributed by atoms with Crippen LogP contribution in [0.25, 0.3) is 17.1 Å². The summed E-state index contributed by atoms with van der Waals surface area (Å²) in [6.45, 7) is 2.33. The molecule has 3 aromatic rings. The quantitative estimate of drug-likeness (QED) is 0.614. The molecule has 0 spiro atoms. The van der Waals surface area contributed by atoms with Crippen LogP contribution in [0.3, 0.4) is 0 Å². The SMILES string of the molecule is O=C(CSc1nnc(-c2ccncc2)n1-c1ccc(F)cc1)N1CCOCC1. The van der Waals surface area contributed by atoms with Crippen molar-refractivity contribution < 1.29 is 13.9 Å². The maximum Gasteiger partial charge on any atom is 0.233 e. The lowest BCUT2D eigenvalue weighted by Crippen LogP contribution is -2.41. The van der Waals surface area contributed by atoms with Gasteiger partial charge in [0.25, 0.3) is 0 Å². The van der Waals surface area contributed by atoms with E-state index in [0.717, 1.165) is 11.3 Å². The first-order valence-electron chi connectivity index (χ1n) is 8.82. The number of morpholine rings is 1. The molecule has 1 aliphatic rings. The van der Waals surface area contributed by atoms with E-state index >= 15 is 0 Å². The minimum Gasteiger partial charge on any atom is -0.378 e. The van der Waals surface area contributed by atoms with E-state index in [9.17, 15) is 9.18 Å². The largest absolute Gasteiger partial charge is 0.378 e. The summed E-state index contributed by atoms with van der Waals surface area (Å²) >= 11 is 1.31. The molecule has 28 heavy (non-hydrogen) atoms. The van der Waals surface area contributed by atoms with Gasteiger partial charge in [0.15, 0.2) is 11.0 Å². The highest BCUT2D eigenvalue weighted by Crippen LogP contribution is 2.28. The number of thioether (sulfide) groups is 1. The molecule has 0 N–H and O–H groups in total. The molecule has 7 nitrogen and oxygen atoms in total. The first-order chi connectivity index (χ1) is 13.7. The van der Waals surface area contributed by atoms with E-state index in [1.54, 1.807) is 29.4 Å². The smallest absolute Gasteiger partial charge is 0.233 e. The summed E-state index contributed by atoms with van der Waals surface area (Å²) in [5, 5.41) is 9.15. The molecule has 0 aliphatic carbocycles. The Morgan fingerprint density at radius 2 is 1.79 bits per heavy atom. The van der Waals surface area contributed by atoms with Crippen molar-refractivity contribution in [3.05, 3.63) is 54.6 Å². The molecule has 0 unspecified atom stereocenters. The number of nitrogens with zero attached hydrogens (tertiary/aromatic N) is 5. The number of halogens is 1. The Hall–Kier alpha value is -2.78. The molecule has 9 heteroatoms. The van der Waals surface area contributed by atoms with Crippen molar-refractivity contribution in [1.29, 1.82) is 0 Å². The van der Waals surface area contributed by atoms with E-state index in [-0.39, 0.29) is 17.5 Å². The number of aromatic nitrogens is 4. The van der Waals surface area contributed by atoms with E-state index in [1.165, 1.54) is 23.9 Å². The van der Waals surface area contributed by atoms with Crippen molar-refractivity contribution >= 4 is 17.7 Å². The highest BCUT2D eigenvalue weighted by molar-refractivity contribution is 7.99. The van der Waals surface area contributed by atoms with Gasteiger partial charge in [0.05, 0.1) is 19.0 Å². The molecule has 4 rings (SSSR count). The van der Waals surface area contributed by atoms with Crippen LogP contribution in [0.5, 0.6) is 0 Å². The van der Waals surface area contributed by atoms with Crippen molar-refractivity contribution in [3.8, 4) is 17.1 Å². The van der Waals surface area contributed by atoms with E-state index in [2.05, 4.69) is 15.2 Å². The first-order valence-corrected chi connectivity index (χ1v) is 9.81. The maximum absolute atomic E-state index is 13.4. The number of carbonyl (C=O) groups is 1. The van der Waals surface area contributed by atoms with E-state index in [0.29, 0.717) is 37.3 Å². The van der Waals surface area contributed by atoms with Gasteiger partial charge in [0.2, 0.25) is 5.91 Å². The number of benzene rings is 1. The molecule has 3 heterocycles. The van der Waals surface area contributed by atoms with Crippen molar-refractivity contribution in [2.75, 3.05) is 32.1 Å². The summed E-state index contributed by atoms with van der Waals surface area (Å²) in [7, 11) is 0. The Balaban J connectivity index is 1.62. The number of ether oxygens (including phenoxy) is 1. The first kappa shape index (κ1) is 18.6. The van der Waals surface area contributed by atoms with Gasteiger partial charge >= 0.3 is 0 Å². The summed E-state index contributed by atoms with van der Waals surface area (Å²) in [6, 6.07) is 9.77. The van der Waals surface area contributed by atoms with Crippen LogP contribution in [-0.4, -0.2) is 62.6 Å². The summed E-state index contributed by atoms with van der Waals surface area (Å²) in [5.74, 6) is 0.567. The Kier molecular flexibility index (Phi) is 5.63. The second kappa shape index (κ2) is 8.49. The number of hydrogen-bond acceptors (Lipinski definition) is 6. The molecular formula is C19H18FN5O2S. The highest BCUT2D eigenvalue weighted by Gasteiger charge is 2.20. The van der Waals surface area contributed by atoms with Crippen LogP contribution < -0.4 is 0 Å². The third-order valence-corrected chi connectivity index (χ3v) is 5.26. The Bertz CT molecular complexity index is 943. The van der Waals surface area contributed by atoms with Crippen LogP contribution in [0.15, 0.2) is 53.9 Å². The predicted molar refractivity (Wildman–Crippen MR) is 103 cm³/mol. The lowest BCUT2D eigenvalue weighted by atomic mass is 10.2. The topological polar surface area (TPSA) is 73.1 Å². The molecular weight excluding hydrogens is 381 g/mol. The molecule has 2 aromatic heterocycles. The van der Waals surface area contributed by atoms with Crippen LogP contribution in [0.2, 0.25) is 0 Å². The molecule has 1 amide bonds. The van der Waals surface area contributed by atoms with Gasteiger partial charge in [-0.2, -0.15) is 0 Å². The lowest BCUT2D eigenvalue weighted by Gasteiger charge is -2.26. The van der Waals surface area contributed by atoms with Crippen LogP contribution in [-0.2, 0) is 9.53 Å². The van der Waals surface area contributed by atoms with Gasteiger partial charge in [-0.3, -0.25) is 14.3 Å². The average molecular weight is 399 g/mol. The number of rotatable bonds is 5. The second-order valence-electron chi connectivity index (χ2n) is 6.14. The molecule has 144 valence electrons. The van der Waals surface area contributed by atoms with E-state index in [4.69, 9.17) is 4.74 Å². The van der Waals surface area contributed by atoms with Crippen molar-refractivity contribution in [1.82, 2.24) is 24.6 Å². The molecule has 0 saturated carbocycles. The van der Waals surface area contributed by atoms with E-state index in [1.807, 2.05) is 16.7 Å². The van der Waals surface area contributed by atoms with Crippen LogP contribution in [0.4, 0.5) is 4.39 Å². The predicted octanol–water partition coefficient (Wildman–Crippen LogP) is 2.42. The molecule has 1 saturated heterocycles. The third-order valence-electron chi connectivity index (χ3n) is 4.35. The Morgan fingerprint density at radius 1 is 1.07 bits per heavy atom. The van der Waals surface area contributed by atoms with Gasteiger partial charge in [0.1, 0.15) is 5.82 Å². The number of carbonyl (C=O) groups excluding carboxylic acids is 1. The van der Waals surface area contributed by atoms with Crippen molar-refractivity contribution in [3.63, 3.8) is 0 Å². The zero-order chi connectivity index (χ0) is 19.3. The average Bonchev–Trinajstić information content (AvgIpc) is 3.18. The molecule has 1 aromatic carbocycles. The third kappa shape index (κ3) is 4.05. The second-order valence-corrected chi connectivity index (χ2v) is 7.08. The molecule has 0 bridgehead atoms. The minimum atomic E-state index is -0.320. The van der Waals surface area contributed by atoms with Gasteiger partial charge in [-0.05, 0) is 36.4 Å². The number of pyridine rings is 1.